The summed E-state index contributed by atoms with van der Waals surface area (Å²) in [6.45, 7) is 2.35. The molecule has 0 amide bonds. The highest BCUT2D eigenvalue weighted by Crippen LogP contribution is 2.26. The minimum absolute atomic E-state index is 0.394. The summed E-state index contributed by atoms with van der Waals surface area (Å²) in [7, 11) is 1.64. The molecule has 0 spiro atoms. The zero-order valence-corrected chi connectivity index (χ0v) is 9.36. The van der Waals surface area contributed by atoms with Gasteiger partial charge in [0.15, 0.2) is 5.76 Å². The summed E-state index contributed by atoms with van der Waals surface area (Å²) in [5, 5.41) is 3.92. The summed E-state index contributed by atoms with van der Waals surface area (Å²) >= 11 is 0. The maximum atomic E-state index is 5.55. The Balaban J connectivity index is 2.38. The fourth-order valence-electron chi connectivity index (χ4n) is 1.57. The van der Waals surface area contributed by atoms with Gasteiger partial charge in [0.05, 0.1) is 7.11 Å². The smallest absolute Gasteiger partial charge is 0.170 e. The molecular weight excluding hydrogens is 204 g/mol. The highest BCUT2D eigenvalue weighted by Gasteiger charge is 2.12. The average Bonchev–Trinajstić information content (AvgIpc) is 2.70. The van der Waals surface area contributed by atoms with E-state index in [9.17, 15) is 0 Å². The van der Waals surface area contributed by atoms with Crippen LogP contribution in [0.15, 0.2) is 28.8 Å². The molecule has 0 saturated carbocycles. The van der Waals surface area contributed by atoms with Gasteiger partial charge in [0.2, 0.25) is 0 Å². The third-order valence-electron chi connectivity index (χ3n) is 2.57. The Morgan fingerprint density at radius 2 is 2.00 bits per heavy atom. The molecule has 0 bridgehead atoms. The van der Waals surface area contributed by atoms with Crippen molar-refractivity contribution in [3.63, 3.8) is 0 Å². The monoisotopic (exact) mass is 218 g/mol. The molecule has 0 saturated heterocycles. The van der Waals surface area contributed by atoms with Crippen molar-refractivity contribution in [2.45, 2.75) is 13.5 Å². The fraction of sp³-hybridized carbons (Fsp3) is 0.250. The van der Waals surface area contributed by atoms with Gasteiger partial charge in [0.25, 0.3) is 0 Å². The molecule has 1 aromatic heterocycles. The molecule has 2 aromatic rings. The predicted molar refractivity (Wildman–Crippen MR) is 61.1 cm³/mol. The van der Waals surface area contributed by atoms with Crippen molar-refractivity contribution in [2.75, 3.05) is 7.11 Å². The van der Waals surface area contributed by atoms with Gasteiger partial charge in [0.1, 0.15) is 11.4 Å². The largest absolute Gasteiger partial charge is 0.497 e. The number of hydrogen-bond donors (Lipinski definition) is 1. The molecule has 0 radical (unpaired) electrons. The molecule has 84 valence electrons. The number of hydrogen-bond acceptors (Lipinski definition) is 4. The highest BCUT2D eigenvalue weighted by molar-refractivity contribution is 5.62. The van der Waals surface area contributed by atoms with Crippen molar-refractivity contribution in [3.8, 4) is 17.1 Å². The lowest BCUT2D eigenvalue weighted by atomic mass is 10.1. The second-order valence-corrected chi connectivity index (χ2v) is 3.52. The predicted octanol–water partition coefficient (Wildman–Crippen LogP) is 2.12. The maximum Gasteiger partial charge on any atom is 0.170 e. The van der Waals surface area contributed by atoms with Gasteiger partial charge in [-0.3, -0.25) is 0 Å². The van der Waals surface area contributed by atoms with Crippen LogP contribution in [0.1, 0.15) is 11.3 Å². The van der Waals surface area contributed by atoms with Crippen molar-refractivity contribution >= 4 is 0 Å². The van der Waals surface area contributed by atoms with Crippen LogP contribution in [0.5, 0.6) is 5.75 Å². The normalized spacial score (nSPS) is 10.4. The summed E-state index contributed by atoms with van der Waals surface area (Å²) in [6.07, 6.45) is 0. The first kappa shape index (κ1) is 10.7. The quantitative estimate of drug-likeness (QED) is 0.857. The number of rotatable bonds is 3. The average molecular weight is 218 g/mol. The molecule has 0 atom stereocenters. The topological polar surface area (TPSA) is 61.3 Å². The Labute approximate surface area is 94.0 Å². The molecule has 0 fully saturated rings. The van der Waals surface area contributed by atoms with E-state index in [1.54, 1.807) is 7.11 Å². The first-order valence-corrected chi connectivity index (χ1v) is 5.06. The summed E-state index contributed by atoms with van der Waals surface area (Å²) in [5.41, 5.74) is 8.31. The van der Waals surface area contributed by atoms with E-state index >= 15 is 0 Å². The lowest BCUT2D eigenvalue weighted by Gasteiger charge is -2.01. The van der Waals surface area contributed by atoms with E-state index in [4.69, 9.17) is 15.0 Å². The van der Waals surface area contributed by atoms with Gasteiger partial charge < -0.3 is 15.0 Å². The van der Waals surface area contributed by atoms with Gasteiger partial charge >= 0.3 is 0 Å². The molecule has 1 heterocycles. The number of aromatic nitrogens is 1. The number of methoxy groups -OCH3 is 1. The van der Waals surface area contributed by atoms with Crippen molar-refractivity contribution < 1.29 is 9.26 Å². The maximum absolute atomic E-state index is 5.55. The highest BCUT2D eigenvalue weighted by atomic mass is 16.5. The van der Waals surface area contributed by atoms with Crippen LogP contribution in [0.25, 0.3) is 11.3 Å². The molecule has 1 aromatic carbocycles. The SMILES string of the molecule is COc1ccc(-c2onc(CN)c2C)cc1. The Hall–Kier alpha value is -1.81. The standard InChI is InChI=1S/C12H14N2O2/c1-8-11(7-13)14-16-12(8)9-3-5-10(15-2)6-4-9/h3-6H,7,13H2,1-2H3. The van der Waals surface area contributed by atoms with E-state index < -0.39 is 0 Å². The van der Waals surface area contributed by atoms with Crippen LogP contribution in [-0.4, -0.2) is 12.3 Å². The second kappa shape index (κ2) is 4.37. The molecule has 16 heavy (non-hydrogen) atoms. The van der Waals surface area contributed by atoms with E-state index in [0.717, 1.165) is 28.3 Å². The summed E-state index contributed by atoms with van der Waals surface area (Å²) in [6, 6.07) is 7.65. The summed E-state index contributed by atoms with van der Waals surface area (Å²) in [5.74, 6) is 1.59. The lowest BCUT2D eigenvalue weighted by molar-refractivity contribution is 0.414. The Kier molecular flexibility index (Phi) is 2.92. The molecule has 4 nitrogen and oxygen atoms in total. The van der Waals surface area contributed by atoms with Crippen molar-refractivity contribution in [1.82, 2.24) is 5.16 Å². The summed E-state index contributed by atoms with van der Waals surface area (Å²) in [4.78, 5) is 0. The van der Waals surface area contributed by atoms with Crippen LogP contribution in [0.2, 0.25) is 0 Å². The third-order valence-corrected chi connectivity index (χ3v) is 2.57. The van der Waals surface area contributed by atoms with Gasteiger partial charge in [-0.05, 0) is 31.2 Å². The lowest BCUT2D eigenvalue weighted by Crippen LogP contribution is -1.97. The first-order chi connectivity index (χ1) is 7.76. The number of nitrogens with two attached hydrogens (primary N) is 1. The number of benzene rings is 1. The zero-order valence-electron chi connectivity index (χ0n) is 9.36. The molecule has 0 unspecified atom stereocenters. The van der Waals surface area contributed by atoms with Crippen LogP contribution < -0.4 is 10.5 Å². The van der Waals surface area contributed by atoms with E-state index in [1.165, 1.54) is 0 Å². The van der Waals surface area contributed by atoms with Crippen LogP contribution in [0, 0.1) is 6.92 Å². The van der Waals surface area contributed by atoms with E-state index in [2.05, 4.69) is 5.16 Å². The third kappa shape index (κ3) is 1.79. The van der Waals surface area contributed by atoms with Crippen molar-refractivity contribution in [3.05, 3.63) is 35.5 Å². The van der Waals surface area contributed by atoms with Crippen molar-refractivity contribution in [2.24, 2.45) is 5.73 Å². The van der Waals surface area contributed by atoms with Gasteiger partial charge in [-0.25, -0.2) is 0 Å². The Bertz CT molecular complexity index is 474. The van der Waals surface area contributed by atoms with Crippen LogP contribution in [0.4, 0.5) is 0 Å². The summed E-state index contributed by atoms with van der Waals surface area (Å²) < 4.78 is 10.4. The Morgan fingerprint density at radius 3 is 2.50 bits per heavy atom. The van der Waals surface area contributed by atoms with E-state index in [-0.39, 0.29) is 0 Å². The molecule has 4 heteroatoms. The molecular formula is C12H14N2O2. The fourth-order valence-corrected chi connectivity index (χ4v) is 1.57. The minimum atomic E-state index is 0.394. The Morgan fingerprint density at radius 1 is 1.31 bits per heavy atom. The van der Waals surface area contributed by atoms with Crippen molar-refractivity contribution in [1.29, 1.82) is 0 Å². The number of nitrogens with zero attached hydrogens (tertiary/aromatic N) is 1. The second-order valence-electron chi connectivity index (χ2n) is 3.52. The molecule has 0 aliphatic rings. The van der Waals surface area contributed by atoms with Gasteiger partial charge in [-0.2, -0.15) is 0 Å². The van der Waals surface area contributed by atoms with Crippen LogP contribution in [0.3, 0.4) is 0 Å². The van der Waals surface area contributed by atoms with Gasteiger partial charge in [0, 0.05) is 17.7 Å². The minimum Gasteiger partial charge on any atom is -0.497 e. The van der Waals surface area contributed by atoms with Gasteiger partial charge in [-0.1, -0.05) is 5.16 Å². The van der Waals surface area contributed by atoms with Crippen LogP contribution in [-0.2, 0) is 6.54 Å². The molecule has 2 N–H and O–H groups in total. The van der Waals surface area contributed by atoms with E-state index in [0.29, 0.717) is 6.54 Å². The number of ether oxygens (including phenoxy) is 1. The molecule has 0 aliphatic heterocycles. The molecule has 0 aliphatic carbocycles. The van der Waals surface area contributed by atoms with Gasteiger partial charge in [-0.15, -0.1) is 0 Å². The first-order valence-electron chi connectivity index (χ1n) is 5.06. The molecule has 2 rings (SSSR count). The zero-order chi connectivity index (χ0) is 11.5. The van der Waals surface area contributed by atoms with E-state index in [1.807, 2.05) is 31.2 Å². The van der Waals surface area contributed by atoms with Crippen LogP contribution >= 0.6 is 0 Å².